The van der Waals surface area contributed by atoms with E-state index >= 15 is 0 Å². The van der Waals surface area contributed by atoms with Gasteiger partial charge in [-0.2, -0.15) is 0 Å². The van der Waals surface area contributed by atoms with Crippen LogP contribution in [0.4, 0.5) is 5.69 Å². The molecule has 0 unspecified atom stereocenters. The van der Waals surface area contributed by atoms with Crippen LogP contribution in [0.5, 0.6) is 5.75 Å². The molecule has 0 aliphatic heterocycles. The third-order valence-corrected chi connectivity index (χ3v) is 3.41. The molecule has 0 heterocycles. The zero-order chi connectivity index (χ0) is 15.2. The highest BCUT2D eigenvalue weighted by Crippen LogP contribution is 2.17. The highest BCUT2D eigenvalue weighted by atomic mass is 16.5. The van der Waals surface area contributed by atoms with E-state index in [1.165, 1.54) is 0 Å². The molecule has 0 atom stereocenters. The molecule has 4 heteroatoms. The molecule has 110 valence electrons. The molecule has 0 aliphatic rings. The zero-order valence-electron chi connectivity index (χ0n) is 12.3. The molecule has 2 rings (SSSR count). The topological polar surface area (TPSA) is 64.3 Å². The summed E-state index contributed by atoms with van der Waals surface area (Å²) in [6.07, 6.45) is 0.719. The number of para-hydroxylation sites is 1. The molecule has 0 radical (unpaired) electrons. The van der Waals surface area contributed by atoms with Gasteiger partial charge < -0.3 is 15.8 Å². The summed E-state index contributed by atoms with van der Waals surface area (Å²) in [5, 5.41) is 2.90. The Balaban J connectivity index is 1.93. The van der Waals surface area contributed by atoms with Crippen molar-refractivity contribution in [1.82, 2.24) is 5.32 Å². The van der Waals surface area contributed by atoms with Gasteiger partial charge in [-0.1, -0.05) is 24.3 Å². The van der Waals surface area contributed by atoms with Crippen molar-refractivity contribution in [1.29, 1.82) is 0 Å². The summed E-state index contributed by atoms with van der Waals surface area (Å²) in [4.78, 5) is 12.1. The van der Waals surface area contributed by atoms with E-state index in [2.05, 4.69) is 5.32 Å². The van der Waals surface area contributed by atoms with E-state index in [1.54, 1.807) is 19.2 Å². The third-order valence-electron chi connectivity index (χ3n) is 3.41. The summed E-state index contributed by atoms with van der Waals surface area (Å²) in [6, 6.07) is 13.1. The van der Waals surface area contributed by atoms with Gasteiger partial charge in [-0.3, -0.25) is 4.79 Å². The van der Waals surface area contributed by atoms with Crippen molar-refractivity contribution in [2.75, 3.05) is 19.4 Å². The van der Waals surface area contributed by atoms with Gasteiger partial charge in [0, 0.05) is 17.8 Å². The van der Waals surface area contributed by atoms with Crippen LogP contribution < -0.4 is 15.8 Å². The van der Waals surface area contributed by atoms with Crippen molar-refractivity contribution < 1.29 is 9.53 Å². The van der Waals surface area contributed by atoms with Crippen molar-refractivity contribution in [3.63, 3.8) is 0 Å². The summed E-state index contributed by atoms with van der Waals surface area (Å²) in [5.74, 6) is 0.725. The first kappa shape index (κ1) is 14.9. The van der Waals surface area contributed by atoms with Crippen LogP contribution in [0.25, 0.3) is 0 Å². The molecule has 21 heavy (non-hydrogen) atoms. The van der Waals surface area contributed by atoms with Gasteiger partial charge in [0.05, 0.1) is 7.11 Å². The summed E-state index contributed by atoms with van der Waals surface area (Å²) in [6.45, 7) is 2.46. The molecule has 2 aromatic rings. The number of carbonyl (C=O) groups excluding carboxylic acids is 1. The van der Waals surface area contributed by atoms with E-state index in [9.17, 15) is 4.79 Å². The monoisotopic (exact) mass is 284 g/mol. The predicted octanol–water partition coefficient (Wildman–Crippen LogP) is 2.56. The number of amides is 1. The Kier molecular flexibility index (Phi) is 4.82. The number of aryl methyl sites for hydroxylation is 1. The molecule has 0 bridgehead atoms. The standard InChI is InChI=1S/C17H20N2O2/c1-12-7-8-14(11-15(12)18)17(20)19-10-9-13-5-3-4-6-16(13)21-2/h3-8,11H,9-10,18H2,1-2H3,(H,19,20). The maximum Gasteiger partial charge on any atom is 0.251 e. The molecule has 0 aromatic heterocycles. The fourth-order valence-electron chi connectivity index (χ4n) is 2.10. The molecule has 4 nitrogen and oxygen atoms in total. The van der Waals surface area contributed by atoms with Crippen molar-refractivity contribution in [2.45, 2.75) is 13.3 Å². The number of nitrogens with two attached hydrogens (primary N) is 1. The second-order valence-electron chi connectivity index (χ2n) is 4.89. The Morgan fingerprint density at radius 2 is 2.00 bits per heavy atom. The number of ether oxygens (including phenoxy) is 1. The lowest BCUT2D eigenvalue weighted by Gasteiger charge is -2.09. The summed E-state index contributed by atoms with van der Waals surface area (Å²) in [7, 11) is 1.65. The molecular formula is C17H20N2O2. The molecule has 0 aliphatic carbocycles. The van der Waals surface area contributed by atoms with Crippen LogP contribution in [-0.4, -0.2) is 19.6 Å². The number of hydrogen-bond donors (Lipinski definition) is 2. The van der Waals surface area contributed by atoms with E-state index < -0.39 is 0 Å². The van der Waals surface area contributed by atoms with Gasteiger partial charge >= 0.3 is 0 Å². The Labute approximate surface area is 124 Å². The Morgan fingerprint density at radius 3 is 2.71 bits per heavy atom. The molecular weight excluding hydrogens is 264 g/mol. The van der Waals surface area contributed by atoms with Crippen molar-refractivity contribution in [3.05, 3.63) is 59.2 Å². The van der Waals surface area contributed by atoms with Crippen LogP contribution in [0, 0.1) is 6.92 Å². The first-order valence-corrected chi connectivity index (χ1v) is 6.88. The highest BCUT2D eigenvalue weighted by Gasteiger charge is 2.07. The Hall–Kier alpha value is -2.49. The molecule has 0 fully saturated rings. The van der Waals surface area contributed by atoms with Crippen molar-refractivity contribution in [3.8, 4) is 5.75 Å². The van der Waals surface area contributed by atoms with Crippen LogP contribution in [0.15, 0.2) is 42.5 Å². The molecule has 0 saturated heterocycles. The second-order valence-corrected chi connectivity index (χ2v) is 4.89. The van der Waals surface area contributed by atoms with Gasteiger partial charge in [0.1, 0.15) is 5.75 Å². The van der Waals surface area contributed by atoms with E-state index in [0.29, 0.717) is 17.8 Å². The van der Waals surface area contributed by atoms with Crippen LogP contribution >= 0.6 is 0 Å². The molecule has 3 N–H and O–H groups in total. The SMILES string of the molecule is COc1ccccc1CCNC(=O)c1ccc(C)c(N)c1. The largest absolute Gasteiger partial charge is 0.496 e. The van der Waals surface area contributed by atoms with Gasteiger partial charge in [0.25, 0.3) is 5.91 Å². The van der Waals surface area contributed by atoms with Gasteiger partial charge in [0.15, 0.2) is 0 Å². The second kappa shape index (κ2) is 6.79. The van der Waals surface area contributed by atoms with E-state index in [4.69, 9.17) is 10.5 Å². The molecule has 0 spiro atoms. The number of rotatable bonds is 5. The van der Waals surface area contributed by atoms with Gasteiger partial charge in [-0.25, -0.2) is 0 Å². The van der Waals surface area contributed by atoms with Crippen molar-refractivity contribution in [2.24, 2.45) is 0 Å². The third kappa shape index (κ3) is 3.75. The number of hydrogen-bond acceptors (Lipinski definition) is 3. The van der Waals surface area contributed by atoms with Gasteiger partial charge in [0.2, 0.25) is 0 Å². The van der Waals surface area contributed by atoms with E-state index in [1.807, 2.05) is 37.3 Å². The normalized spacial score (nSPS) is 10.2. The summed E-state index contributed by atoms with van der Waals surface area (Å²) < 4.78 is 5.29. The fourth-order valence-corrected chi connectivity index (χ4v) is 2.10. The van der Waals surface area contributed by atoms with Crippen LogP contribution in [-0.2, 0) is 6.42 Å². The maximum atomic E-state index is 12.1. The van der Waals surface area contributed by atoms with E-state index in [0.717, 1.165) is 23.3 Å². The lowest BCUT2D eigenvalue weighted by Crippen LogP contribution is -2.25. The first-order valence-electron chi connectivity index (χ1n) is 6.88. The molecule has 1 amide bonds. The van der Waals surface area contributed by atoms with Crippen LogP contribution in [0.2, 0.25) is 0 Å². The number of methoxy groups -OCH3 is 1. The smallest absolute Gasteiger partial charge is 0.251 e. The fraction of sp³-hybridized carbons (Fsp3) is 0.235. The lowest BCUT2D eigenvalue weighted by atomic mass is 10.1. The van der Waals surface area contributed by atoms with Crippen LogP contribution in [0.3, 0.4) is 0 Å². The van der Waals surface area contributed by atoms with E-state index in [-0.39, 0.29) is 5.91 Å². The minimum atomic E-state index is -0.114. The Bertz CT molecular complexity index is 638. The summed E-state index contributed by atoms with van der Waals surface area (Å²) >= 11 is 0. The highest BCUT2D eigenvalue weighted by molar-refractivity contribution is 5.95. The number of benzene rings is 2. The predicted molar refractivity (Wildman–Crippen MR) is 84.6 cm³/mol. The van der Waals surface area contributed by atoms with Crippen LogP contribution in [0.1, 0.15) is 21.5 Å². The number of anilines is 1. The minimum Gasteiger partial charge on any atom is -0.496 e. The zero-order valence-corrected chi connectivity index (χ0v) is 12.3. The number of nitrogens with one attached hydrogen (secondary N) is 1. The quantitative estimate of drug-likeness (QED) is 0.829. The van der Waals surface area contributed by atoms with Crippen molar-refractivity contribution >= 4 is 11.6 Å². The molecule has 0 saturated carbocycles. The maximum absolute atomic E-state index is 12.1. The number of nitrogen functional groups attached to an aromatic ring is 1. The van der Waals surface area contributed by atoms with Gasteiger partial charge in [-0.15, -0.1) is 0 Å². The number of carbonyl (C=O) groups is 1. The molecule has 2 aromatic carbocycles. The Morgan fingerprint density at radius 1 is 1.24 bits per heavy atom. The first-order chi connectivity index (χ1) is 10.1. The summed E-state index contributed by atoms with van der Waals surface area (Å²) in [5.41, 5.74) is 9.08. The average molecular weight is 284 g/mol. The lowest BCUT2D eigenvalue weighted by molar-refractivity contribution is 0.0954. The minimum absolute atomic E-state index is 0.114. The van der Waals surface area contributed by atoms with Gasteiger partial charge in [-0.05, 0) is 42.7 Å². The average Bonchev–Trinajstić information content (AvgIpc) is 2.50.